The van der Waals surface area contributed by atoms with E-state index >= 15 is 0 Å². The second-order valence-corrected chi connectivity index (χ2v) is 7.23. The zero-order valence-electron chi connectivity index (χ0n) is 16.7. The van der Waals surface area contributed by atoms with Gasteiger partial charge in [-0.2, -0.15) is 0 Å². The molecule has 0 bridgehead atoms. The molecule has 1 aromatic rings. The monoisotopic (exact) mass is 379 g/mol. The van der Waals surface area contributed by atoms with Gasteiger partial charge in [0.2, 0.25) is 0 Å². The van der Waals surface area contributed by atoms with Gasteiger partial charge >= 0.3 is 0 Å². The second-order valence-electron chi connectivity index (χ2n) is 7.23. The number of rotatable bonds is 12. The predicted molar refractivity (Wildman–Crippen MR) is 108 cm³/mol. The quantitative estimate of drug-likeness (QED) is 0.330. The van der Waals surface area contributed by atoms with Crippen molar-refractivity contribution < 1.29 is 13.9 Å². The van der Waals surface area contributed by atoms with E-state index in [1.165, 1.54) is 31.4 Å². The third-order valence-electron chi connectivity index (χ3n) is 5.11. The number of hydrogen-bond donors (Lipinski definition) is 2. The van der Waals surface area contributed by atoms with Crippen LogP contribution in [0.15, 0.2) is 29.3 Å². The van der Waals surface area contributed by atoms with Crippen LogP contribution in [0.4, 0.5) is 4.39 Å². The van der Waals surface area contributed by atoms with Crippen LogP contribution in [0.2, 0.25) is 0 Å². The Balaban J connectivity index is 1.65. The van der Waals surface area contributed by atoms with Gasteiger partial charge < -0.3 is 20.1 Å². The maximum absolute atomic E-state index is 12.9. The number of guanidine groups is 1. The number of methoxy groups -OCH3 is 1. The van der Waals surface area contributed by atoms with Crippen molar-refractivity contribution in [3.05, 3.63) is 30.1 Å². The number of hydrogen-bond acceptors (Lipinski definition) is 3. The molecule has 0 unspecified atom stereocenters. The Kier molecular flexibility index (Phi) is 9.39. The van der Waals surface area contributed by atoms with Gasteiger partial charge in [0.25, 0.3) is 0 Å². The summed E-state index contributed by atoms with van der Waals surface area (Å²) < 4.78 is 23.7. The van der Waals surface area contributed by atoms with Crippen LogP contribution >= 0.6 is 0 Å². The van der Waals surface area contributed by atoms with E-state index in [0.29, 0.717) is 17.8 Å². The highest BCUT2D eigenvalue weighted by Crippen LogP contribution is 2.44. The lowest BCUT2D eigenvalue weighted by Gasteiger charge is -2.40. The van der Waals surface area contributed by atoms with Crippen LogP contribution in [-0.4, -0.2) is 45.9 Å². The number of nitrogens with one attached hydrogen (secondary N) is 2. The minimum Gasteiger partial charge on any atom is -0.494 e. The number of nitrogens with zero attached hydrogens (tertiary/aromatic N) is 1. The van der Waals surface area contributed by atoms with E-state index in [1.807, 2.05) is 0 Å². The molecule has 27 heavy (non-hydrogen) atoms. The molecule has 0 aliphatic heterocycles. The van der Waals surface area contributed by atoms with Crippen LogP contribution in [-0.2, 0) is 4.74 Å². The van der Waals surface area contributed by atoms with Gasteiger partial charge in [0.1, 0.15) is 11.6 Å². The van der Waals surface area contributed by atoms with E-state index in [9.17, 15) is 4.39 Å². The van der Waals surface area contributed by atoms with Gasteiger partial charge in [0.15, 0.2) is 5.96 Å². The average molecular weight is 380 g/mol. The Labute approximate surface area is 162 Å². The Morgan fingerprint density at radius 3 is 2.56 bits per heavy atom. The molecule has 0 radical (unpaired) electrons. The summed E-state index contributed by atoms with van der Waals surface area (Å²) in [6.07, 6.45) is 6.81. The van der Waals surface area contributed by atoms with Crippen molar-refractivity contribution in [2.24, 2.45) is 10.4 Å². The SMILES string of the molecule is CCNC(=NCC1(CCOC)CCC1)NCCCCOc1ccc(F)cc1. The van der Waals surface area contributed by atoms with Gasteiger partial charge in [-0.05, 0) is 68.7 Å². The molecular formula is C21H34FN3O2. The standard InChI is InChI=1S/C21H34FN3O2/c1-3-23-20(25-17-21(11-6-12-21)13-16-26-2)24-14-4-5-15-27-19-9-7-18(22)8-10-19/h7-10H,3-6,11-17H2,1-2H3,(H2,23,24,25). The Hall–Kier alpha value is -1.82. The molecule has 5 nitrogen and oxygen atoms in total. The number of halogens is 1. The van der Waals surface area contributed by atoms with E-state index in [-0.39, 0.29) is 5.82 Å². The normalized spacial score (nSPS) is 15.9. The third kappa shape index (κ3) is 7.75. The van der Waals surface area contributed by atoms with Gasteiger partial charge in [-0.25, -0.2) is 4.39 Å². The van der Waals surface area contributed by atoms with Gasteiger partial charge in [-0.3, -0.25) is 4.99 Å². The fourth-order valence-corrected chi connectivity index (χ4v) is 3.23. The highest BCUT2D eigenvalue weighted by Gasteiger charge is 2.36. The van der Waals surface area contributed by atoms with E-state index in [1.54, 1.807) is 19.2 Å². The van der Waals surface area contributed by atoms with Crippen LogP contribution < -0.4 is 15.4 Å². The number of aliphatic imine (C=N–C) groups is 1. The maximum Gasteiger partial charge on any atom is 0.191 e. The van der Waals surface area contributed by atoms with Gasteiger partial charge in [0.05, 0.1) is 6.61 Å². The zero-order valence-corrected chi connectivity index (χ0v) is 16.7. The molecule has 1 aliphatic rings. The van der Waals surface area contributed by atoms with Crippen LogP contribution in [0.5, 0.6) is 5.75 Å². The molecule has 1 saturated carbocycles. The number of ether oxygens (including phenoxy) is 2. The molecule has 0 heterocycles. The molecule has 2 N–H and O–H groups in total. The van der Waals surface area contributed by atoms with E-state index < -0.39 is 0 Å². The van der Waals surface area contributed by atoms with Crippen molar-refractivity contribution in [1.82, 2.24) is 10.6 Å². The first kappa shape index (κ1) is 21.5. The van der Waals surface area contributed by atoms with Crippen molar-refractivity contribution >= 4 is 5.96 Å². The first-order chi connectivity index (χ1) is 13.2. The van der Waals surface area contributed by atoms with Crippen LogP contribution in [0.25, 0.3) is 0 Å². The molecule has 0 spiro atoms. The van der Waals surface area contributed by atoms with Crippen LogP contribution in [0, 0.1) is 11.2 Å². The van der Waals surface area contributed by atoms with E-state index in [2.05, 4.69) is 17.6 Å². The van der Waals surface area contributed by atoms with Crippen molar-refractivity contribution in [3.8, 4) is 5.75 Å². The molecule has 0 amide bonds. The van der Waals surface area contributed by atoms with Gasteiger partial charge in [-0.15, -0.1) is 0 Å². The fourth-order valence-electron chi connectivity index (χ4n) is 3.23. The van der Waals surface area contributed by atoms with Crippen LogP contribution in [0.1, 0.15) is 45.4 Å². The molecule has 1 fully saturated rings. The first-order valence-corrected chi connectivity index (χ1v) is 10.1. The molecule has 152 valence electrons. The summed E-state index contributed by atoms with van der Waals surface area (Å²) in [6, 6.07) is 6.14. The van der Waals surface area contributed by atoms with Gasteiger partial charge in [0, 0.05) is 33.4 Å². The lowest BCUT2D eigenvalue weighted by Crippen LogP contribution is -2.40. The summed E-state index contributed by atoms with van der Waals surface area (Å²) in [5, 5.41) is 6.73. The summed E-state index contributed by atoms with van der Waals surface area (Å²) in [7, 11) is 1.76. The molecule has 0 atom stereocenters. The Bertz CT molecular complexity index is 559. The van der Waals surface area contributed by atoms with Crippen molar-refractivity contribution in [1.29, 1.82) is 0 Å². The summed E-state index contributed by atoms with van der Waals surface area (Å²) in [6.45, 7) is 6.08. The predicted octanol–water partition coefficient (Wildman–Crippen LogP) is 3.75. The van der Waals surface area contributed by atoms with Crippen molar-refractivity contribution in [3.63, 3.8) is 0 Å². The fraction of sp³-hybridized carbons (Fsp3) is 0.667. The highest BCUT2D eigenvalue weighted by atomic mass is 19.1. The molecule has 1 aliphatic carbocycles. The summed E-state index contributed by atoms with van der Waals surface area (Å²) in [4.78, 5) is 4.81. The first-order valence-electron chi connectivity index (χ1n) is 10.1. The summed E-state index contributed by atoms with van der Waals surface area (Å²) in [5.74, 6) is 1.36. The summed E-state index contributed by atoms with van der Waals surface area (Å²) in [5.41, 5.74) is 0.335. The Morgan fingerprint density at radius 2 is 1.93 bits per heavy atom. The zero-order chi connectivity index (χ0) is 19.4. The molecule has 2 rings (SSSR count). The third-order valence-corrected chi connectivity index (χ3v) is 5.11. The lowest BCUT2D eigenvalue weighted by atomic mass is 9.67. The second kappa shape index (κ2) is 11.8. The maximum atomic E-state index is 12.9. The molecular weight excluding hydrogens is 345 g/mol. The number of benzene rings is 1. The van der Waals surface area contributed by atoms with Crippen molar-refractivity contribution in [2.45, 2.75) is 45.4 Å². The smallest absolute Gasteiger partial charge is 0.191 e. The number of unbranched alkanes of at least 4 members (excludes halogenated alkanes) is 1. The van der Waals surface area contributed by atoms with E-state index in [4.69, 9.17) is 14.5 Å². The van der Waals surface area contributed by atoms with E-state index in [0.717, 1.165) is 51.5 Å². The Morgan fingerprint density at radius 1 is 1.15 bits per heavy atom. The molecule has 0 saturated heterocycles. The molecule has 1 aromatic carbocycles. The topological polar surface area (TPSA) is 54.9 Å². The van der Waals surface area contributed by atoms with Crippen molar-refractivity contribution in [2.75, 3.05) is 40.0 Å². The average Bonchev–Trinajstić information content (AvgIpc) is 2.64. The molecule has 6 heteroatoms. The highest BCUT2D eigenvalue weighted by molar-refractivity contribution is 5.79. The lowest BCUT2D eigenvalue weighted by molar-refractivity contribution is 0.0778. The largest absolute Gasteiger partial charge is 0.494 e. The minimum atomic E-state index is -0.243. The minimum absolute atomic E-state index is 0.243. The molecule has 0 aromatic heterocycles. The van der Waals surface area contributed by atoms with Crippen LogP contribution in [0.3, 0.4) is 0 Å². The van der Waals surface area contributed by atoms with Gasteiger partial charge in [-0.1, -0.05) is 6.42 Å². The summed E-state index contributed by atoms with van der Waals surface area (Å²) >= 11 is 0.